The predicted octanol–water partition coefficient (Wildman–Crippen LogP) is 1.43. The first-order valence-electron chi connectivity index (χ1n) is 3.47. The molecule has 0 bridgehead atoms. The minimum Gasteiger partial charge on any atom is -0.351 e. The van der Waals surface area contributed by atoms with Crippen molar-refractivity contribution >= 4 is 17.7 Å². The van der Waals surface area contributed by atoms with E-state index in [0.29, 0.717) is 6.54 Å². The number of rotatable bonds is 4. The van der Waals surface area contributed by atoms with Crippen LogP contribution in [-0.2, 0) is 4.79 Å². The first kappa shape index (κ1) is 10.6. The van der Waals surface area contributed by atoms with Gasteiger partial charge in [-0.05, 0) is 26.2 Å². The van der Waals surface area contributed by atoms with Gasteiger partial charge in [-0.3, -0.25) is 4.79 Å². The monoisotopic (exact) mass is 173 g/mol. The number of amides is 1. The number of carbonyl (C=O) groups is 1. The van der Waals surface area contributed by atoms with Crippen LogP contribution < -0.4 is 5.32 Å². The Bertz CT molecular complexity index is 154. The summed E-state index contributed by atoms with van der Waals surface area (Å²) in [6, 6.07) is 0. The Kier molecular flexibility index (Phi) is 4.26. The van der Waals surface area contributed by atoms with Gasteiger partial charge in [0.1, 0.15) is 0 Å². The van der Waals surface area contributed by atoms with Gasteiger partial charge in [0.15, 0.2) is 0 Å². The van der Waals surface area contributed by atoms with Crippen LogP contribution in [0, 0.1) is 0 Å². The van der Waals surface area contributed by atoms with Crippen molar-refractivity contribution in [3.8, 4) is 0 Å². The molecule has 0 heterocycles. The van der Waals surface area contributed by atoms with Gasteiger partial charge >= 0.3 is 0 Å². The van der Waals surface area contributed by atoms with E-state index in [9.17, 15) is 4.79 Å². The third-order valence-corrected chi connectivity index (χ3v) is 2.68. The second kappa shape index (κ2) is 4.44. The summed E-state index contributed by atoms with van der Waals surface area (Å²) >= 11 is 1.73. The van der Waals surface area contributed by atoms with Crippen molar-refractivity contribution in [2.24, 2.45) is 0 Å². The van der Waals surface area contributed by atoms with Gasteiger partial charge in [0, 0.05) is 11.3 Å². The first-order chi connectivity index (χ1) is 5.02. The third-order valence-electron chi connectivity index (χ3n) is 1.43. The van der Waals surface area contributed by atoms with Crippen molar-refractivity contribution in [2.45, 2.75) is 18.6 Å². The van der Waals surface area contributed by atoms with Gasteiger partial charge in [-0.1, -0.05) is 6.58 Å². The second-order valence-corrected chi connectivity index (χ2v) is 4.40. The maximum Gasteiger partial charge on any atom is 0.243 e. The Morgan fingerprint density at radius 2 is 2.27 bits per heavy atom. The summed E-state index contributed by atoms with van der Waals surface area (Å²) in [6.07, 6.45) is 3.32. The summed E-state index contributed by atoms with van der Waals surface area (Å²) in [4.78, 5) is 10.7. The van der Waals surface area contributed by atoms with Gasteiger partial charge < -0.3 is 5.32 Å². The van der Waals surface area contributed by atoms with E-state index in [1.807, 2.05) is 6.26 Å². The maximum absolute atomic E-state index is 10.7. The number of thioether (sulfide) groups is 1. The molecule has 0 rings (SSSR count). The standard InChI is InChI=1S/C8H15NOS/c1-5-7(10)9-6-8(2,3)11-4/h5H,1,6H2,2-4H3,(H,9,10). The molecule has 0 saturated heterocycles. The van der Waals surface area contributed by atoms with Crippen LogP contribution in [0.4, 0.5) is 0 Å². The number of hydrogen-bond donors (Lipinski definition) is 1. The van der Waals surface area contributed by atoms with Crippen LogP contribution in [0.15, 0.2) is 12.7 Å². The smallest absolute Gasteiger partial charge is 0.243 e. The molecule has 3 heteroatoms. The Morgan fingerprint density at radius 1 is 1.73 bits per heavy atom. The van der Waals surface area contributed by atoms with Gasteiger partial charge in [-0.2, -0.15) is 11.8 Å². The predicted molar refractivity (Wildman–Crippen MR) is 50.8 cm³/mol. The molecule has 0 aliphatic carbocycles. The highest BCUT2D eigenvalue weighted by atomic mass is 32.2. The summed E-state index contributed by atoms with van der Waals surface area (Å²) in [6.45, 7) is 8.22. The summed E-state index contributed by atoms with van der Waals surface area (Å²) in [5, 5.41) is 2.75. The van der Waals surface area contributed by atoms with Crippen molar-refractivity contribution < 1.29 is 4.79 Å². The van der Waals surface area contributed by atoms with E-state index in [2.05, 4.69) is 25.7 Å². The fraction of sp³-hybridized carbons (Fsp3) is 0.625. The largest absolute Gasteiger partial charge is 0.351 e. The topological polar surface area (TPSA) is 29.1 Å². The number of carbonyl (C=O) groups excluding carboxylic acids is 1. The third kappa shape index (κ3) is 4.90. The molecular formula is C8H15NOS. The molecular weight excluding hydrogens is 158 g/mol. The van der Waals surface area contributed by atoms with Crippen molar-refractivity contribution in [2.75, 3.05) is 12.8 Å². The minimum absolute atomic E-state index is 0.105. The lowest BCUT2D eigenvalue weighted by Crippen LogP contribution is -2.34. The fourth-order valence-electron chi connectivity index (χ4n) is 0.444. The van der Waals surface area contributed by atoms with Crippen LogP contribution in [-0.4, -0.2) is 23.5 Å². The zero-order valence-electron chi connectivity index (χ0n) is 7.31. The lowest BCUT2D eigenvalue weighted by atomic mass is 10.2. The molecule has 1 N–H and O–H groups in total. The highest BCUT2D eigenvalue weighted by Gasteiger charge is 2.15. The van der Waals surface area contributed by atoms with Crippen LogP contribution in [0.5, 0.6) is 0 Å². The van der Waals surface area contributed by atoms with E-state index in [0.717, 1.165) is 0 Å². The molecule has 0 radical (unpaired) electrons. The molecule has 0 aliphatic heterocycles. The molecule has 0 spiro atoms. The average Bonchev–Trinajstić information content (AvgIpc) is 2.00. The lowest BCUT2D eigenvalue weighted by Gasteiger charge is -2.21. The van der Waals surface area contributed by atoms with Crippen molar-refractivity contribution in [3.63, 3.8) is 0 Å². The SMILES string of the molecule is C=CC(=O)NCC(C)(C)SC. The zero-order chi connectivity index (χ0) is 8.91. The van der Waals surface area contributed by atoms with E-state index in [-0.39, 0.29) is 10.7 Å². The first-order valence-corrected chi connectivity index (χ1v) is 4.70. The Balaban J connectivity index is 3.69. The highest BCUT2D eigenvalue weighted by Crippen LogP contribution is 2.19. The average molecular weight is 173 g/mol. The van der Waals surface area contributed by atoms with Crippen LogP contribution in [0.1, 0.15) is 13.8 Å². The quantitative estimate of drug-likeness (QED) is 0.652. The van der Waals surface area contributed by atoms with E-state index >= 15 is 0 Å². The number of nitrogens with one attached hydrogen (secondary N) is 1. The van der Waals surface area contributed by atoms with Crippen LogP contribution in [0.2, 0.25) is 0 Å². The van der Waals surface area contributed by atoms with Gasteiger partial charge in [0.05, 0.1) is 0 Å². The van der Waals surface area contributed by atoms with Crippen LogP contribution in [0.3, 0.4) is 0 Å². The van der Waals surface area contributed by atoms with Gasteiger partial charge in [0.25, 0.3) is 0 Å². The minimum atomic E-state index is -0.105. The van der Waals surface area contributed by atoms with Gasteiger partial charge in [-0.15, -0.1) is 0 Å². The molecule has 2 nitrogen and oxygen atoms in total. The van der Waals surface area contributed by atoms with Crippen LogP contribution >= 0.6 is 11.8 Å². The molecule has 0 aliphatic rings. The lowest BCUT2D eigenvalue weighted by molar-refractivity contribution is -0.116. The Hall–Kier alpha value is -0.440. The van der Waals surface area contributed by atoms with Gasteiger partial charge in [-0.25, -0.2) is 0 Å². The summed E-state index contributed by atoms with van der Waals surface area (Å²) < 4.78 is 0.110. The molecule has 1 amide bonds. The molecule has 0 atom stereocenters. The van der Waals surface area contributed by atoms with Crippen molar-refractivity contribution in [3.05, 3.63) is 12.7 Å². The molecule has 0 aromatic heterocycles. The molecule has 0 fully saturated rings. The molecule has 11 heavy (non-hydrogen) atoms. The molecule has 0 aromatic carbocycles. The summed E-state index contributed by atoms with van der Waals surface area (Å²) in [5.41, 5.74) is 0. The Labute approximate surface area is 72.4 Å². The van der Waals surface area contributed by atoms with E-state index in [1.54, 1.807) is 11.8 Å². The summed E-state index contributed by atoms with van der Waals surface area (Å²) in [5.74, 6) is -0.105. The Morgan fingerprint density at radius 3 is 2.64 bits per heavy atom. The van der Waals surface area contributed by atoms with Crippen molar-refractivity contribution in [1.29, 1.82) is 0 Å². The summed E-state index contributed by atoms with van der Waals surface area (Å²) in [7, 11) is 0. The van der Waals surface area contributed by atoms with Crippen molar-refractivity contribution in [1.82, 2.24) is 5.32 Å². The zero-order valence-corrected chi connectivity index (χ0v) is 8.12. The maximum atomic E-state index is 10.7. The van der Waals surface area contributed by atoms with E-state index in [1.165, 1.54) is 6.08 Å². The second-order valence-electron chi connectivity index (χ2n) is 2.89. The fourth-order valence-corrected chi connectivity index (χ4v) is 0.661. The van der Waals surface area contributed by atoms with E-state index in [4.69, 9.17) is 0 Å². The molecule has 64 valence electrons. The normalized spacial score (nSPS) is 10.8. The van der Waals surface area contributed by atoms with Gasteiger partial charge in [0.2, 0.25) is 5.91 Å². The molecule has 0 saturated carbocycles. The number of hydrogen-bond acceptors (Lipinski definition) is 2. The van der Waals surface area contributed by atoms with E-state index < -0.39 is 0 Å². The molecule has 0 aromatic rings. The molecule has 0 unspecified atom stereocenters. The highest BCUT2D eigenvalue weighted by molar-refractivity contribution is 7.99. The van der Waals surface area contributed by atoms with Crippen LogP contribution in [0.25, 0.3) is 0 Å².